The highest BCUT2D eigenvalue weighted by molar-refractivity contribution is 6.31. The zero-order chi connectivity index (χ0) is 21.3. The van der Waals surface area contributed by atoms with Gasteiger partial charge in [-0.05, 0) is 36.4 Å². The van der Waals surface area contributed by atoms with Gasteiger partial charge in [-0.25, -0.2) is 9.37 Å². The number of nitrogens with zero attached hydrogens (tertiary/aromatic N) is 2. The summed E-state index contributed by atoms with van der Waals surface area (Å²) in [6, 6.07) is 16.1. The lowest BCUT2D eigenvalue weighted by atomic mass is 10.1. The van der Waals surface area contributed by atoms with Gasteiger partial charge in [-0.15, -0.1) is 0 Å². The van der Waals surface area contributed by atoms with Crippen LogP contribution < -0.4 is 5.32 Å². The Bertz CT molecular complexity index is 1350. The second-order valence-corrected chi connectivity index (χ2v) is 7.15. The molecule has 0 spiro atoms. The van der Waals surface area contributed by atoms with Gasteiger partial charge in [-0.1, -0.05) is 43.0 Å². The van der Waals surface area contributed by atoms with Crippen molar-refractivity contribution in [2.75, 3.05) is 5.32 Å². The molecule has 4 aromatic rings. The molecule has 2 aromatic carbocycles. The van der Waals surface area contributed by atoms with E-state index < -0.39 is 5.83 Å². The first kappa shape index (κ1) is 19.6. The highest BCUT2D eigenvalue weighted by Gasteiger charge is 2.13. The third-order valence-electron chi connectivity index (χ3n) is 4.58. The van der Waals surface area contributed by atoms with E-state index in [2.05, 4.69) is 28.4 Å². The molecular formula is C24H17ClFN3O. The number of halogens is 2. The van der Waals surface area contributed by atoms with Crippen molar-refractivity contribution < 1.29 is 9.50 Å². The molecule has 0 fully saturated rings. The van der Waals surface area contributed by atoms with Gasteiger partial charge in [0.25, 0.3) is 0 Å². The number of nitrogens with one attached hydrogen (secondary N) is 1. The normalized spacial score (nSPS) is 11.6. The maximum absolute atomic E-state index is 14.2. The van der Waals surface area contributed by atoms with Crippen LogP contribution in [-0.2, 0) is 0 Å². The summed E-state index contributed by atoms with van der Waals surface area (Å²) in [5, 5.41) is 15.0. The number of aromatic nitrogens is 2. The predicted octanol–water partition coefficient (Wildman–Crippen LogP) is 6.85. The Labute approximate surface area is 177 Å². The van der Waals surface area contributed by atoms with E-state index in [1.807, 2.05) is 30.3 Å². The van der Waals surface area contributed by atoms with E-state index in [4.69, 9.17) is 11.6 Å². The minimum Gasteiger partial charge on any atom is -0.508 e. The fraction of sp³-hybridized carbons (Fsp3) is 0. The van der Waals surface area contributed by atoms with Crippen LogP contribution in [0.25, 0.3) is 27.4 Å². The summed E-state index contributed by atoms with van der Waals surface area (Å²) < 4.78 is 14.2. The fourth-order valence-electron chi connectivity index (χ4n) is 3.26. The second kappa shape index (κ2) is 7.97. The monoisotopic (exact) mass is 417 g/mol. The molecule has 0 atom stereocenters. The summed E-state index contributed by atoms with van der Waals surface area (Å²) in [5.41, 5.74) is 3.38. The van der Waals surface area contributed by atoms with Gasteiger partial charge in [0.15, 0.2) is 0 Å². The quantitative estimate of drug-likeness (QED) is 0.348. The number of para-hydroxylation sites is 1. The third kappa shape index (κ3) is 3.88. The van der Waals surface area contributed by atoms with E-state index in [9.17, 15) is 9.50 Å². The molecule has 0 saturated carbocycles. The van der Waals surface area contributed by atoms with Gasteiger partial charge in [0, 0.05) is 39.3 Å². The van der Waals surface area contributed by atoms with Gasteiger partial charge in [-0.3, -0.25) is 4.98 Å². The number of allylic oxidation sites excluding steroid dienone is 4. The molecule has 0 amide bonds. The first-order valence-corrected chi connectivity index (χ1v) is 9.46. The SMILES string of the molecule is C=C(Cl)/C=C(\C(=C)F)c1cc(Nc2ccnc3cc(O)ccc23)c2ccccc2n1. The Morgan fingerprint density at radius 2 is 1.77 bits per heavy atom. The van der Waals surface area contributed by atoms with Crippen molar-refractivity contribution in [3.63, 3.8) is 0 Å². The van der Waals surface area contributed by atoms with E-state index in [1.165, 1.54) is 6.08 Å². The topological polar surface area (TPSA) is 58.0 Å². The third-order valence-corrected chi connectivity index (χ3v) is 4.69. The van der Waals surface area contributed by atoms with Crippen LogP contribution in [0.1, 0.15) is 5.69 Å². The average molecular weight is 418 g/mol. The molecule has 6 heteroatoms. The van der Waals surface area contributed by atoms with Gasteiger partial charge >= 0.3 is 0 Å². The van der Waals surface area contributed by atoms with Crippen LogP contribution in [-0.4, -0.2) is 15.1 Å². The molecule has 4 nitrogen and oxygen atoms in total. The number of phenolic OH excluding ortho intramolecular Hbond substituents is 1. The molecule has 2 heterocycles. The largest absolute Gasteiger partial charge is 0.508 e. The molecule has 0 aliphatic carbocycles. The molecule has 0 radical (unpaired) electrons. The maximum atomic E-state index is 14.2. The molecule has 2 aromatic heterocycles. The molecule has 30 heavy (non-hydrogen) atoms. The number of rotatable bonds is 5. The van der Waals surface area contributed by atoms with Crippen LogP contribution >= 0.6 is 11.6 Å². The van der Waals surface area contributed by atoms with Crippen LogP contribution in [0.5, 0.6) is 5.75 Å². The zero-order valence-electron chi connectivity index (χ0n) is 15.9. The minimum absolute atomic E-state index is 0.140. The molecule has 0 saturated heterocycles. The number of benzene rings is 2. The van der Waals surface area contributed by atoms with E-state index >= 15 is 0 Å². The molecule has 148 valence electrons. The van der Waals surface area contributed by atoms with Crippen molar-refractivity contribution in [2.45, 2.75) is 0 Å². The molecular weight excluding hydrogens is 401 g/mol. The standard InChI is InChI=1S/C24H17ClFN3O/c1-14(25)11-19(15(2)26)24-13-23(17-5-3-4-6-20(17)28-24)29-21-9-10-27-22-12-16(30)7-8-18(21)22/h3-13,30H,1-2H2,(H,27,28,29)/b19-11+. The lowest BCUT2D eigenvalue weighted by Gasteiger charge is -2.14. The van der Waals surface area contributed by atoms with Crippen LogP contribution in [0.4, 0.5) is 15.8 Å². The van der Waals surface area contributed by atoms with Crippen molar-refractivity contribution >= 4 is 50.4 Å². The molecule has 0 bridgehead atoms. The Morgan fingerprint density at radius 1 is 1.00 bits per heavy atom. The number of phenols is 1. The Balaban J connectivity index is 1.91. The molecule has 4 rings (SSSR count). The number of aromatic hydroxyl groups is 1. The summed E-state index contributed by atoms with van der Waals surface area (Å²) in [4.78, 5) is 8.87. The molecule has 0 unspecified atom stereocenters. The van der Waals surface area contributed by atoms with E-state index in [-0.39, 0.29) is 16.4 Å². The Hall–Kier alpha value is -3.70. The highest BCUT2D eigenvalue weighted by Crippen LogP contribution is 2.34. The summed E-state index contributed by atoms with van der Waals surface area (Å²) in [6.45, 7) is 7.01. The minimum atomic E-state index is -0.657. The maximum Gasteiger partial charge on any atom is 0.125 e. The van der Waals surface area contributed by atoms with Crippen LogP contribution in [0.2, 0.25) is 0 Å². The Morgan fingerprint density at radius 3 is 2.53 bits per heavy atom. The van der Waals surface area contributed by atoms with Crippen LogP contribution in [0.15, 0.2) is 90.9 Å². The van der Waals surface area contributed by atoms with Crippen LogP contribution in [0.3, 0.4) is 0 Å². The first-order valence-electron chi connectivity index (χ1n) is 9.08. The van der Waals surface area contributed by atoms with Gasteiger partial charge in [0.2, 0.25) is 0 Å². The summed E-state index contributed by atoms with van der Waals surface area (Å²) in [5.74, 6) is -0.517. The fourth-order valence-corrected chi connectivity index (χ4v) is 3.36. The van der Waals surface area contributed by atoms with Crippen LogP contribution in [0, 0.1) is 0 Å². The number of hydrogen-bond donors (Lipinski definition) is 2. The average Bonchev–Trinajstić information content (AvgIpc) is 2.71. The van der Waals surface area contributed by atoms with E-state index in [0.29, 0.717) is 16.7 Å². The number of hydrogen-bond acceptors (Lipinski definition) is 4. The van der Waals surface area contributed by atoms with E-state index in [0.717, 1.165) is 22.1 Å². The Kier molecular flexibility index (Phi) is 5.21. The van der Waals surface area contributed by atoms with E-state index in [1.54, 1.807) is 30.5 Å². The van der Waals surface area contributed by atoms with Gasteiger partial charge < -0.3 is 10.4 Å². The highest BCUT2D eigenvalue weighted by atomic mass is 35.5. The summed E-state index contributed by atoms with van der Waals surface area (Å²) in [6.07, 6.45) is 3.05. The zero-order valence-corrected chi connectivity index (χ0v) is 16.6. The molecule has 0 aliphatic rings. The van der Waals surface area contributed by atoms with Gasteiger partial charge in [-0.2, -0.15) is 0 Å². The van der Waals surface area contributed by atoms with Crippen molar-refractivity contribution in [3.8, 4) is 5.75 Å². The number of pyridine rings is 2. The smallest absolute Gasteiger partial charge is 0.125 e. The summed E-state index contributed by atoms with van der Waals surface area (Å²) >= 11 is 5.88. The van der Waals surface area contributed by atoms with Gasteiger partial charge in [0.05, 0.1) is 22.4 Å². The van der Waals surface area contributed by atoms with Crippen molar-refractivity contribution in [1.29, 1.82) is 0 Å². The second-order valence-electron chi connectivity index (χ2n) is 6.67. The first-order chi connectivity index (χ1) is 14.4. The molecule has 0 aliphatic heterocycles. The summed E-state index contributed by atoms with van der Waals surface area (Å²) in [7, 11) is 0. The number of anilines is 2. The van der Waals surface area contributed by atoms with Gasteiger partial charge in [0.1, 0.15) is 11.6 Å². The van der Waals surface area contributed by atoms with Crippen molar-refractivity contribution in [2.24, 2.45) is 0 Å². The lowest BCUT2D eigenvalue weighted by Crippen LogP contribution is -1.98. The predicted molar refractivity (Wildman–Crippen MR) is 122 cm³/mol. The lowest BCUT2D eigenvalue weighted by molar-refractivity contribution is 0.476. The van der Waals surface area contributed by atoms with Crippen molar-refractivity contribution in [1.82, 2.24) is 9.97 Å². The van der Waals surface area contributed by atoms with Crippen molar-refractivity contribution in [3.05, 3.63) is 96.6 Å². The molecule has 2 N–H and O–H groups in total. The number of fused-ring (bicyclic) bond motifs is 2.